The highest BCUT2D eigenvalue weighted by molar-refractivity contribution is 9.08. The van der Waals surface area contributed by atoms with Crippen LogP contribution < -0.4 is 5.73 Å². The summed E-state index contributed by atoms with van der Waals surface area (Å²) in [5.41, 5.74) is 5.54. The Kier molecular flexibility index (Phi) is 5.46. The first-order valence-electron chi connectivity index (χ1n) is 5.27. The van der Waals surface area contributed by atoms with Crippen LogP contribution in [0.5, 0.6) is 0 Å². The zero-order valence-corrected chi connectivity index (χ0v) is 11.3. The van der Waals surface area contributed by atoms with Crippen molar-refractivity contribution in [3.63, 3.8) is 0 Å². The van der Waals surface area contributed by atoms with Crippen LogP contribution in [0.25, 0.3) is 0 Å². The van der Waals surface area contributed by atoms with E-state index in [1.165, 1.54) is 6.20 Å². The SMILES string of the molecule is CCOC(=O)Cc1c(CBr)ncc(N)c1C(F)F. The fraction of sp³-hybridized carbons (Fsp3) is 0.455. The smallest absolute Gasteiger partial charge is 0.310 e. The molecule has 0 aliphatic carbocycles. The summed E-state index contributed by atoms with van der Waals surface area (Å²) in [6.45, 7) is 1.84. The van der Waals surface area contributed by atoms with E-state index in [4.69, 9.17) is 10.5 Å². The number of hydrogen-bond donors (Lipinski definition) is 1. The normalized spacial score (nSPS) is 10.7. The van der Waals surface area contributed by atoms with Gasteiger partial charge in [-0.3, -0.25) is 9.78 Å². The molecule has 1 heterocycles. The number of ether oxygens (including phenoxy) is 1. The summed E-state index contributed by atoms with van der Waals surface area (Å²) in [7, 11) is 0. The number of aromatic nitrogens is 1. The van der Waals surface area contributed by atoms with Crippen LogP contribution >= 0.6 is 15.9 Å². The number of nitrogens with zero attached hydrogens (tertiary/aromatic N) is 1. The molecule has 0 saturated heterocycles. The summed E-state index contributed by atoms with van der Waals surface area (Å²) >= 11 is 3.14. The minimum Gasteiger partial charge on any atom is -0.466 e. The Bertz CT molecular complexity index is 441. The molecule has 4 nitrogen and oxygen atoms in total. The van der Waals surface area contributed by atoms with Crippen LogP contribution in [-0.4, -0.2) is 17.6 Å². The number of esters is 1. The van der Waals surface area contributed by atoms with Gasteiger partial charge in [0.25, 0.3) is 6.43 Å². The number of hydrogen-bond acceptors (Lipinski definition) is 4. The van der Waals surface area contributed by atoms with Crippen molar-refractivity contribution in [2.24, 2.45) is 0 Å². The molecule has 0 aliphatic heterocycles. The van der Waals surface area contributed by atoms with Gasteiger partial charge in [-0.1, -0.05) is 15.9 Å². The van der Waals surface area contributed by atoms with Crippen molar-refractivity contribution in [3.8, 4) is 0 Å². The molecule has 1 aromatic rings. The van der Waals surface area contributed by atoms with Gasteiger partial charge in [-0.05, 0) is 12.5 Å². The molecule has 0 unspecified atom stereocenters. The van der Waals surface area contributed by atoms with Gasteiger partial charge in [-0.2, -0.15) is 0 Å². The van der Waals surface area contributed by atoms with E-state index in [0.29, 0.717) is 5.69 Å². The van der Waals surface area contributed by atoms with Crippen LogP contribution in [0.1, 0.15) is 30.2 Å². The third kappa shape index (κ3) is 3.38. The maximum absolute atomic E-state index is 13.0. The molecule has 0 amide bonds. The van der Waals surface area contributed by atoms with E-state index in [1.807, 2.05) is 0 Å². The Labute approximate surface area is 112 Å². The third-order valence-electron chi connectivity index (χ3n) is 2.32. The molecule has 18 heavy (non-hydrogen) atoms. The summed E-state index contributed by atoms with van der Waals surface area (Å²) in [6.07, 6.45) is -1.84. The zero-order valence-electron chi connectivity index (χ0n) is 9.75. The van der Waals surface area contributed by atoms with Crippen molar-refractivity contribution in [2.45, 2.75) is 25.1 Å². The van der Waals surface area contributed by atoms with Gasteiger partial charge < -0.3 is 10.5 Å². The quantitative estimate of drug-likeness (QED) is 0.668. The van der Waals surface area contributed by atoms with Gasteiger partial charge >= 0.3 is 5.97 Å². The number of carbonyl (C=O) groups excluding carboxylic acids is 1. The first-order valence-corrected chi connectivity index (χ1v) is 6.39. The van der Waals surface area contributed by atoms with E-state index in [0.717, 1.165) is 0 Å². The predicted molar refractivity (Wildman–Crippen MR) is 66.6 cm³/mol. The van der Waals surface area contributed by atoms with Gasteiger partial charge in [0.15, 0.2) is 0 Å². The number of anilines is 1. The van der Waals surface area contributed by atoms with Crippen LogP contribution in [0, 0.1) is 0 Å². The number of nitrogen functional groups attached to an aromatic ring is 1. The number of alkyl halides is 3. The Morgan fingerprint density at radius 1 is 1.61 bits per heavy atom. The number of rotatable bonds is 5. The zero-order chi connectivity index (χ0) is 13.7. The van der Waals surface area contributed by atoms with Crippen LogP contribution in [0.2, 0.25) is 0 Å². The molecule has 7 heteroatoms. The molecule has 0 bridgehead atoms. The van der Waals surface area contributed by atoms with Gasteiger partial charge in [-0.25, -0.2) is 8.78 Å². The van der Waals surface area contributed by atoms with Crippen LogP contribution in [0.3, 0.4) is 0 Å². The summed E-state index contributed by atoms with van der Waals surface area (Å²) in [4.78, 5) is 15.4. The van der Waals surface area contributed by atoms with Crippen LogP contribution in [0.15, 0.2) is 6.20 Å². The molecular weight excluding hydrogens is 310 g/mol. The standard InChI is InChI=1S/C11H13BrF2N2O2/c1-2-18-9(17)3-6-8(4-12)16-5-7(15)10(6)11(13)14/h5,11H,2-4,15H2,1H3. The van der Waals surface area contributed by atoms with Gasteiger partial charge in [0.05, 0.1) is 30.6 Å². The first kappa shape index (κ1) is 14.8. The molecule has 100 valence electrons. The topological polar surface area (TPSA) is 65.2 Å². The number of carbonyl (C=O) groups is 1. The first-order chi connectivity index (χ1) is 8.51. The minimum atomic E-state index is -2.75. The molecule has 0 saturated carbocycles. The van der Waals surface area contributed by atoms with E-state index < -0.39 is 12.4 Å². The minimum absolute atomic E-state index is 0.117. The lowest BCUT2D eigenvalue weighted by Crippen LogP contribution is -2.14. The average Bonchev–Trinajstić information content (AvgIpc) is 2.29. The number of halogens is 3. The lowest BCUT2D eigenvalue weighted by molar-refractivity contribution is -0.142. The summed E-state index contributed by atoms with van der Waals surface area (Å²) in [5, 5.41) is 0.266. The van der Waals surface area contributed by atoms with E-state index in [1.54, 1.807) is 6.92 Å². The number of nitrogens with two attached hydrogens (primary N) is 1. The van der Waals surface area contributed by atoms with E-state index in [2.05, 4.69) is 20.9 Å². The maximum Gasteiger partial charge on any atom is 0.310 e. The molecular formula is C11H13BrF2N2O2. The molecule has 0 aromatic carbocycles. The predicted octanol–water partition coefficient (Wildman–Crippen LogP) is 2.60. The Morgan fingerprint density at radius 2 is 2.28 bits per heavy atom. The maximum atomic E-state index is 13.0. The second-order valence-corrected chi connectivity index (χ2v) is 4.03. The molecule has 1 aromatic heterocycles. The highest BCUT2D eigenvalue weighted by Crippen LogP contribution is 2.31. The Hall–Kier alpha value is -1.24. The average molecular weight is 323 g/mol. The highest BCUT2D eigenvalue weighted by atomic mass is 79.9. The van der Waals surface area contributed by atoms with Crippen molar-refractivity contribution in [3.05, 3.63) is 23.0 Å². The summed E-state index contributed by atoms with van der Waals surface area (Å²) in [6, 6.07) is 0. The Morgan fingerprint density at radius 3 is 2.78 bits per heavy atom. The molecule has 0 atom stereocenters. The van der Waals surface area contributed by atoms with Gasteiger partial charge in [-0.15, -0.1) is 0 Å². The number of pyridine rings is 1. The van der Waals surface area contributed by atoms with E-state index in [9.17, 15) is 13.6 Å². The fourth-order valence-electron chi connectivity index (χ4n) is 1.55. The van der Waals surface area contributed by atoms with Gasteiger partial charge in [0, 0.05) is 10.9 Å². The highest BCUT2D eigenvalue weighted by Gasteiger charge is 2.22. The van der Waals surface area contributed by atoms with Gasteiger partial charge in [0.2, 0.25) is 0 Å². The second kappa shape index (κ2) is 6.63. The molecule has 0 radical (unpaired) electrons. The van der Waals surface area contributed by atoms with E-state index >= 15 is 0 Å². The lowest BCUT2D eigenvalue weighted by atomic mass is 10.0. The van der Waals surface area contributed by atoms with Crippen LogP contribution in [0.4, 0.5) is 14.5 Å². The van der Waals surface area contributed by atoms with Crippen molar-refractivity contribution < 1.29 is 18.3 Å². The fourth-order valence-corrected chi connectivity index (χ4v) is 2.03. The second-order valence-electron chi connectivity index (χ2n) is 3.47. The molecule has 0 aliphatic rings. The van der Waals surface area contributed by atoms with Crippen molar-refractivity contribution in [2.75, 3.05) is 12.3 Å². The van der Waals surface area contributed by atoms with Crippen LogP contribution in [-0.2, 0) is 21.3 Å². The molecule has 1 rings (SSSR count). The molecule has 0 spiro atoms. The van der Waals surface area contributed by atoms with Gasteiger partial charge in [0.1, 0.15) is 0 Å². The molecule has 2 N–H and O–H groups in total. The Balaban J connectivity index is 3.19. The summed E-state index contributed by atoms with van der Waals surface area (Å²) < 4.78 is 30.7. The molecule has 0 fully saturated rings. The van der Waals surface area contributed by atoms with Crippen molar-refractivity contribution in [1.82, 2.24) is 4.98 Å². The van der Waals surface area contributed by atoms with E-state index in [-0.39, 0.29) is 35.2 Å². The van der Waals surface area contributed by atoms with Crippen molar-refractivity contribution >= 4 is 27.6 Å². The lowest BCUT2D eigenvalue weighted by Gasteiger charge is -2.14. The third-order valence-corrected chi connectivity index (χ3v) is 2.85. The monoisotopic (exact) mass is 322 g/mol. The summed E-state index contributed by atoms with van der Waals surface area (Å²) in [5.74, 6) is -0.575. The van der Waals surface area contributed by atoms with Crippen molar-refractivity contribution in [1.29, 1.82) is 0 Å². The largest absolute Gasteiger partial charge is 0.466 e.